The zero-order chi connectivity index (χ0) is 23.0. The van der Waals surface area contributed by atoms with Crippen LogP contribution in [0, 0.1) is 12.3 Å². The third kappa shape index (κ3) is 5.91. The molecule has 2 saturated heterocycles. The Hall–Kier alpha value is -3.37. The highest BCUT2D eigenvalue weighted by Gasteiger charge is 2.24. The van der Waals surface area contributed by atoms with E-state index in [0.717, 1.165) is 24.3 Å². The van der Waals surface area contributed by atoms with Crippen LogP contribution in [0.5, 0.6) is 11.5 Å². The Morgan fingerprint density at radius 2 is 1.91 bits per heavy atom. The van der Waals surface area contributed by atoms with Crippen molar-refractivity contribution in [2.75, 3.05) is 31.2 Å². The molecular formula is C26H27N3O3S. The van der Waals surface area contributed by atoms with Crippen LogP contribution >= 0.6 is 11.8 Å². The number of piperidine rings is 1. The SMILES string of the molecule is C#CCOc1ccc(/C=C2\SC(=Nc3ccc(N4CCCCC4)cc3)NC2=O)cc1OCC. The predicted molar refractivity (Wildman–Crippen MR) is 135 cm³/mol. The largest absolute Gasteiger partial charge is 0.490 e. The first-order valence-electron chi connectivity index (χ1n) is 11.1. The number of anilines is 1. The van der Waals surface area contributed by atoms with Crippen LogP contribution in [0.15, 0.2) is 52.4 Å². The second kappa shape index (κ2) is 11.0. The van der Waals surface area contributed by atoms with Crippen molar-refractivity contribution in [3.05, 3.63) is 52.9 Å². The van der Waals surface area contributed by atoms with Crippen LogP contribution in [0.1, 0.15) is 31.7 Å². The van der Waals surface area contributed by atoms with Crippen molar-refractivity contribution in [1.29, 1.82) is 0 Å². The Labute approximate surface area is 199 Å². The number of amides is 1. The molecule has 0 atom stereocenters. The van der Waals surface area contributed by atoms with Gasteiger partial charge in [-0.2, -0.15) is 0 Å². The zero-order valence-corrected chi connectivity index (χ0v) is 19.5. The molecule has 170 valence electrons. The number of benzene rings is 2. The minimum atomic E-state index is -0.172. The Morgan fingerprint density at radius 3 is 2.64 bits per heavy atom. The molecule has 1 amide bonds. The number of rotatable bonds is 7. The minimum absolute atomic E-state index is 0.164. The van der Waals surface area contributed by atoms with E-state index in [2.05, 4.69) is 33.3 Å². The van der Waals surface area contributed by atoms with Crippen molar-refractivity contribution in [2.45, 2.75) is 26.2 Å². The molecule has 2 aromatic rings. The third-order valence-electron chi connectivity index (χ3n) is 5.33. The van der Waals surface area contributed by atoms with E-state index in [0.29, 0.717) is 28.2 Å². The van der Waals surface area contributed by atoms with E-state index >= 15 is 0 Å². The van der Waals surface area contributed by atoms with E-state index in [-0.39, 0.29) is 12.5 Å². The van der Waals surface area contributed by atoms with E-state index in [4.69, 9.17) is 15.9 Å². The molecule has 0 spiro atoms. The molecule has 2 heterocycles. The van der Waals surface area contributed by atoms with Gasteiger partial charge in [-0.05, 0) is 86.0 Å². The lowest BCUT2D eigenvalue weighted by Crippen LogP contribution is -2.29. The van der Waals surface area contributed by atoms with E-state index < -0.39 is 0 Å². The fourth-order valence-electron chi connectivity index (χ4n) is 3.76. The fourth-order valence-corrected chi connectivity index (χ4v) is 4.60. The molecule has 2 fully saturated rings. The normalized spacial score (nSPS) is 18.3. The summed E-state index contributed by atoms with van der Waals surface area (Å²) in [6.07, 6.45) is 10.9. The minimum Gasteiger partial charge on any atom is -0.490 e. The van der Waals surface area contributed by atoms with Gasteiger partial charge in [0.25, 0.3) is 5.91 Å². The molecule has 1 N–H and O–H groups in total. The molecule has 7 heteroatoms. The lowest BCUT2D eigenvalue weighted by atomic mass is 10.1. The summed E-state index contributed by atoms with van der Waals surface area (Å²) >= 11 is 1.32. The summed E-state index contributed by atoms with van der Waals surface area (Å²) in [4.78, 5) is 20.1. The number of nitrogens with zero attached hydrogens (tertiary/aromatic N) is 2. The van der Waals surface area contributed by atoms with E-state index in [9.17, 15) is 4.79 Å². The maximum atomic E-state index is 12.5. The van der Waals surface area contributed by atoms with Gasteiger partial charge in [-0.25, -0.2) is 4.99 Å². The molecule has 0 aromatic heterocycles. The first-order chi connectivity index (χ1) is 16.2. The highest BCUT2D eigenvalue weighted by atomic mass is 32.2. The maximum Gasteiger partial charge on any atom is 0.264 e. The van der Waals surface area contributed by atoms with Gasteiger partial charge < -0.3 is 19.7 Å². The lowest BCUT2D eigenvalue weighted by molar-refractivity contribution is -0.115. The second-order valence-corrected chi connectivity index (χ2v) is 8.71. The van der Waals surface area contributed by atoms with Gasteiger partial charge in [0.05, 0.1) is 17.2 Å². The maximum absolute atomic E-state index is 12.5. The Balaban J connectivity index is 1.47. The molecular weight excluding hydrogens is 434 g/mol. The van der Waals surface area contributed by atoms with Crippen molar-refractivity contribution < 1.29 is 14.3 Å². The summed E-state index contributed by atoms with van der Waals surface area (Å²) in [5.41, 5.74) is 2.87. The highest BCUT2D eigenvalue weighted by molar-refractivity contribution is 8.18. The first-order valence-corrected chi connectivity index (χ1v) is 12.0. The Bertz CT molecular complexity index is 1100. The number of carbonyl (C=O) groups excluding carboxylic acids is 1. The molecule has 33 heavy (non-hydrogen) atoms. The summed E-state index contributed by atoms with van der Waals surface area (Å²) < 4.78 is 11.2. The fraction of sp³-hybridized carbons (Fsp3) is 0.308. The van der Waals surface area contributed by atoms with Crippen molar-refractivity contribution in [3.8, 4) is 23.8 Å². The summed E-state index contributed by atoms with van der Waals surface area (Å²) in [6.45, 7) is 4.77. The summed E-state index contributed by atoms with van der Waals surface area (Å²) in [5, 5.41) is 3.41. The Kier molecular flexibility index (Phi) is 7.59. The molecule has 2 aromatic carbocycles. The lowest BCUT2D eigenvalue weighted by Gasteiger charge is -2.28. The highest BCUT2D eigenvalue weighted by Crippen LogP contribution is 2.33. The van der Waals surface area contributed by atoms with Gasteiger partial charge in [0.2, 0.25) is 0 Å². The van der Waals surface area contributed by atoms with Crippen LogP contribution in [0.3, 0.4) is 0 Å². The van der Waals surface area contributed by atoms with Gasteiger partial charge in [-0.3, -0.25) is 4.79 Å². The molecule has 0 bridgehead atoms. The molecule has 2 aliphatic heterocycles. The van der Waals surface area contributed by atoms with Gasteiger partial charge in [-0.15, -0.1) is 6.42 Å². The van der Waals surface area contributed by atoms with Gasteiger partial charge >= 0.3 is 0 Å². The summed E-state index contributed by atoms with van der Waals surface area (Å²) in [6, 6.07) is 13.7. The number of ether oxygens (including phenoxy) is 2. The molecule has 0 unspecified atom stereocenters. The van der Waals surface area contributed by atoms with E-state index in [1.165, 1.54) is 36.7 Å². The molecule has 0 radical (unpaired) electrons. The Morgan fingerprint density at radius 1 is 1.12 bits per heavy atom. The molecule has 4 rings (SSSR count). The van der Waals surface area contributed by atoms with Crippen LogP contribution in [0.25, 0.3) is 6.08 Å². The topological polar surface area (TPSA) is 63.2 Å². The number of nitrogens with one attached hydrogen (secondary N) is 1. The number of terminal acetylenes is 1. The van der Waals surface area contributed by atoms with E-state index in [1.807, 2.05) is 37.3 Å². The molecule has 2 aliphatic rings. The van der Waals surface area contributed by atoms with Gasteiger partial charge in [0.15, 0.2) is 16.7 Å². The average molecular weight is 462 g/mol. The summed E-state index contributed by atoms with van der Waals surface area (Å²) in [5.74, 6) is 3.45. The number of hydrogen-bond acceptors (Lipinski definition) is 6. The predicted octanol–water partition coefficient (Wildman–Crippen LogP) is 4.98. The van der Waals surface area contributed by atoms with Crippen molar-refractivity contribution in [2.24, 2.45) is 4.99 Å². The molecule has 0 aliphatic carbocycles. The quantitative estimate of drug-likeness (QED) is 0.465. The third-order valence-corrected chi connectivity index (χ3v) is 6.24. The van der Waals surface area contributed by atoms with Crippen LogP contribution in [-0.2, 0) is 4.79 Å². The number of thioether (sulfide) groups is 1. The van der Waals surface area contributed by atoms with Gasteiger partial charge in [0, 0.05) is 18.8 Å². The van der Waals surface area contributed by atoms with Crippen molar-refractivity contribution >= 4 is 40.3 Å². The van der Waals surface area contributed by atoms with Crippen molar-refractivity contribution in [3.63, 3.8) is 0 Å². The smallest absolute Gasteiger partial charge is 0.264 e. The summed E-state index contributed by atoms with van der Waals surface area (Å²) in [7, 11) is 0. The number of carbonyl (C=O) groups is 1. The second-order valence-electron chi connectivity index (χ2n) is 7.68. The monoisotopic (exact) mass is 461 g/mol. The van der Waals surface area contributed by atoms with Crippen LogP contribution < -0.4 is 19.7 Å². The van der Waals surface area contributed by atoms with Gasteiger partial charge in [0.1, 0.15) is 6.61 Å². The van der Waals surface area contributed by atoms with Crippen LogP contribution in [0.4, 0.5) is 11.4 Å². The molecule has 0 saturated carbocycles. The number of amidine groups is 1. The average Bonchev–Trinajstić information content (AvgIpc) is 3.18. The standard InChI is InChI=1S/C26H27N3O3S/c1-3-16-32-22-13-8-19(17-23(22)31-4-2)18-24-25(30)28-26(33-24)27-20-9-11-21(12-10-20)29-14-6-5-7-15-29/h1,8-13,17-18H,4-7,14-16H2,2H3,(H,27,28,30)/b24-18-. The van der Waals surface area contributed by atoms with Crippen molar-refractivity contribution in [1.82, 2.24) is 5.32 Å². The number of aliphatic imine (C=N–C) groups is 1. The molecule has 6 nitrogen and oxygen atoms in total. The number of hydrogen-bond donors (Lipinski definition) is 1. The van der Waals surface area contributed by atoms with Crippen LogP contribution in [-0.4, -0.2) is 37.4 Å². The van der Waals surface area contributed by atoms with Crippen LogP contribution in [0.2, 0.25) is 0 Å². The zero-order valence-electron chi connectivity index (χ0n) is 18.7. The van der Waals surface area contributed by atoms with E-state index in [1.54, 1.807) is 6.07 Å². The first kappa shape index (κ1) is 22.8. The van der Waals surface area contributed by atoms with Gasteiger partial charge in [-0.1, -0.05) is 12.0 Å².